The maximum absolute atomic E-state index is 11.0. The summed E-state index contributed by atoms with van der Waals surface area (Å²) in [5.41, 5.74) is 5.66. The summed E-state index contributed by atoms with van der Waals surface area (Å²) in [5, 5.41) is 1.45. The van der Waals surface area contributed by atoms with Crippen LogP contribution >= 0.6 is 27.5 Å². The van der Waals surface area contributed by atoms with Gasteiger partial charge in [-0.3, -0.25) is 4.18 Å². The largest absolute Gasteiger partial charge is 0.489 e. The molecule has 4 rings (SSSR count). The minimum atomic E-state index is -3.48. The number of benzene rings is 2. The van der Waals surface area contributed by atoms with Gasteiger partial charge < -0.3 is 9.72 Å². The number of hydrogen-bond acceptors (Lipinski definition) is 4. The molecule has 0 aliphatic heterocycles. The Balaban J connectivity index is 1.54. The topological polar surface area (TPSA) is 68.4 Å². The van der Waals surface area contributed by atoms with Crippen molar-refractivity contribution in [1.82, 2.24) is 4.98 Å². The second-order valence-corrected chi connectivity index (χ2v) is 9.58. The minimum absolute atomic E-state index is 0.0656. The molecule has 1 N–H and O–H groups in total. The third kappa shape index (κ3) is 4.27. The predicted molar refractivity (Wildman–Crippen MR) is 115 cm³/mol. The van der Waals surface area contributed by atoms with E-state index in [9.17, 15) is 8.42 Å². The van der Waals surface area contributed by atoms with Crippen LogP contribution in [0.3, 0.4) is 0 Å². The standard InChI is InChI=1S/C20H17BrClNO4S/c1-28(24,25)27-5-4-26-20-11-19-15(9-17(20)22)10-18(23-19)14-6-12-2-3-16(21)8-13(12)7-14/h2-3,6,8-11,23H,4-5,7H2,1H3. The van der Waals surface area contributed by atoms with E-state index in [-0.39, 0.29) is 13.2 Å². The molecule has 0 unspecified atom stereocenters. The van der Waals surface area contributed by atoms with Gasteiger partial charge in [0.05, 0.1) is 11.3 Å². The van der Waals surface area contributed by atoms with Crippen molar-refractivity contribution in [1.29, 1.82) is 0 Å². The van der Waals surface area contributed by atoms with Crippen LogP contribution in [0, 0.1) is 0 Å². The van der Waals surface area contributed by atoms with Gasteiger partial charge in [0.1, 0.15) is 19.0 Å². The van der Waals surface area contributed by atoms with E-state index < -0.39 is 10.1 Å². The Morgan fingerprint density at radius 1 is 1.18 bits per heavy atom. The molecule has 146 valence electrons. The SMILES string of the molecule is CS(=O)(=O)OCCOc1cc2[nH]c(C3=Cc4ccc(Br)cc4C3)cc2cc1Cl. The van der Waals surface area contributed by atoms with Gasteiger partial charge in [0.25, 0.3) is 10.1 Å². The predicted octanol–water partition coefficient (Wildman–Crippen LogP) is 5.04. The highest BCUT2D eigenvalue weighted by Crippen LogP contribution is 2.36. The average Bonchev–Trinajstić information content (AvgIpc) is 3.20. The van der Waals surface area contributed by atoms with E-state index in [4.69, 9.17) is 16.3 Å². The smallest absolute Gasteiger partial charge is 0.264 e. The van der Waals surface area contributed by atoms with E-state index in [0.29, 0.717) is 10.8 Å². The van der Waals surface area contributed by atoms with Crippen molar-refractivity contribution in [3.05, 3.63) is 62.7 Å². The van der Waals surface area contributed by atoms with Crippen molar-refractivity contribution in [3.63, 3.8) is 0 Å². The number of rotatable bonds is 6. The number of aromatic amines is 1. The van der Waals surface area contributed by atoms with Crippen LogP contribution in [0.4, 0.5) is 0 Å². The fourth-order valence-corrected chi connectivity index (χ4v) is 4.24. The van der Waals surface area contributed by atoms with Crippen molar-refractivity contribution in [2.45, 2.75) is 6.42 Å². The van der Waals surface area contributed by atoms with Gasteiger partial charge in [0, 0.05) is 33.6 Å². The molecular formula is C20H17BrClNO4S. The molecule has 5 nitrogen and oxygen atoms in total. The molecule has 0 bridgehead atoms. The Hall–Kier alpha value is -1.80. The molecule has 0 saturated carbocycles. The summed E-state index contributed by atoms with van der Waals surface area (Å²) in [4.78, 5) is 3.42. The van der Waals surface area contributed by atoms with Crippen LogP contribution in [0.2, 0.25) is 5.02 Å². The quantitative estimate of drug-likeness (QED) is 0.395. The highest BCUT2D eigenvalue weighted by Gasteiger charge is 2.17. The van der Waals surface area contributed by atoms with Crippen LogP contribution in [0.5, 0.6) is 5.75 Å². The van der Waals surface area contributed by atoms with Crippen molar-refractivity contribution >= 4 is 60.2 Å². The zero-order valence-electron chi connectivity index (χ0n) is 15.0. The Morgan fingerprint density at radius 2 is 2.00 bits per heavy atom. The molecule has 1 aliphatic carbocycles. The highest BCUT2D eigenvalue weighted by molar-refractivity contribution is 9.10. The number of allylic oxidation sites excluding steroid dienone is 1. The summed E-state index contributed by atoms with van der Waals surface area (Å²) < 4.78 is 33.3. The molecule has 0 saturated heterocycles. The second kappa shape index (κ2) is 7.55. The van der Waals surface area contributed by atoms with Crippen molar-refractivity contribution < 1.29 is 17.3 Å². The molecular weight excluding hydrogens is 466 g/mol. The lowest BCUT2D eigenvalue weighted by Gasteiger charge is -2.08. The van der Waals surface area contributed by atoms with Crippen molar-refractivity contribution in [2.75, 3.05) is 19.5 Å². The van der Waals surface area contributed by atoms with Crippen LogP contribution in [-0.4, -0.2) is 32.9 Å². The molecule has 1 heterocycles. The summed E-state index contributed by atoms with van der Waals surface area (Å²) >= 11 is 9.83. The molecule has 2 aromatic carbocycles. The molecule has 1 aromatic heterocycles. The van der Waals surface area contributed by atoms with Crippen LogP contribution in [0.15, 0.2) is 40.9 Å². The number of H-pyrrole nitrogens is 1. The van der Waals surface area contributed by atoms with E-state index in [1.807, 2.05) is 18.2 Å². The second-order valence-electron chi connectivity index (χ2n) is 6.62. The van der Waals surface area contributed by atoms with Crippen LogP contribution < -0.4 is 4.74 Å². The van der Waals surface area contributed by atoms with Gasteiger partial charge in [-0.2, -0.15) is 8.42 Å². The molecule has 0 fully saturated rings. The lowest BCUT2D eigenvalue weighted by Crippen LogP contribution is -2.11. The molecule has 0 atom stereocenters. The molecule has 0 spiro atoms. The first-order valence-corrected chi connectivity index (χ1v) is 11.6. The van der Waals surface area contributed by atoms with Crippen LogP contribution in [0.25, 0.3) is 22.6 Å². The van der Waals surface area contributed by atoms with Gasteiger partial charge in [-0.25, -0.2) is 0 Å². The van der Waals surface area contributed by atoms with E-state index in [0.717, 1.165) is 33.7 Å². The Bertz CT molecular complexity index is 1200. The van der Waals surface area contributed by atoms with E-state index in [1.54, 1.807) is 0 Å². The molecule has 0 amide bonds. The summed E-state index contributed by atoms with van der Waals surface area (Å²) in [6.07, 6.45) is 4.05. The minimum Gasteiger partial charge on any atom is -0.489 e. The Labute approximate surface area is 176 Å². The molecule has 8 heteroatoms. The zero-order chi connectivity index (χ0) is 19.9. The van der Waals surface area contributed by atoms with E-state index in [2.05, 4.69) is 49.4 Å². The van der Waals surface area contributed by atoms with Gasteiger partial charge in [0.2, 0.25) is 0 Å². The van der Waals surface area contributed by atoms with Crippen molar-refractivity contribution in [2.24, 2.45) is 0 Å². The first-order chi connectivity index (χ1) is 13.3. The fourth-order valence-electron chi connectivity index (χ4n) is 3.24. The summed E-state index contributed by atoms with van der Waals surface area (Å²) in [6.45, 7) is 0.0189. The normalized spacial score (nSPS) is 13.6. The number of ether oxygens (including phenoxy) is 1. The number of halogens is 2. The summed E-state index contributed by atoms with van der Waals surface area (Å²) in [6, 6.07) is 12.0. The maximum Gasteiger partial charge on any atom is 0.264 e. The fraction of sp³-hybridized carbons (Fsp3) is 0.200. The first kappa shape index (κ1) is 19.5. The van der Waals surface area contributed by atoms with Gasteiger partial charge in [-0.15, -0.1) is 0 Å². The number of nitrogens with one attached hydrogen (secondary N) is 1. The molecule has 3 aromatic rings. The van der Waals surface area contributed by atoms with Gasteiger partial charge in [-0.05, 0) is 47.0 Å². The lowest BCUT2D eigenvalue weighted by molar-refractivity contribution is 0.222. The highest BCUT2D eigenvalue weighted by atomic mass is 79.9. The van der Waals surface area contributed by atoms with Gasteiger partial charge >= 0.3 is 0 Å². The molecule has 28 heavy (non-hydrogen) atoms. The van der Waals surface area contributed by atoms with Crippen molar-refractivity contribution in [3.8, 4) is 5.75 Å². The van der Waals surface area contributed by atoms with Crippen LogP contribution in [0.1, 0.15) is 16.8 Å². The summed E-state index contributed by atoms with van der Waals surface area (Å²) in [5.74, 6) is 0.479. The van der Waals surface area contributed by atoms with E-state index >= 15 is 0 Å². The Morgan fingerprint density at radius 3 is 2.79 bits per heavy atom. The number of aromatic nitrogens is 1. The van der Waals surface area contributed by atoms with Gasteiger partial charge in [-0.1, -0.05) is 33.6 Å². The number of fused-ring (bicyclic) bond motifs is 2. The third-order valence-electron chi connectivity index (χ3n) is 4.47. The molecule has 0 radical (unpaired) electrons. The monoisotopic (exact) mass is 481 g/mol. The third-order valence-corrected chi connectivity index (χ3v) is 5.86. The number of hydrogen-bond donors (Lipinski definition) is 1. The first-order valence-electron chi connectivity index (χ1n) is 8.57. The Kier molecular flexibility index (Phi) is 5.26. The average molecular weight is 483 g/mol. The maximum atomic E-state index is 11.0. The summed E-state index contributed by atoms with van der Waals surface area (Å²) in [7, 11) is -3.48. The zero-order valence-corrected chi connectivity index (χ0v) is 18.1. The molecule has 1 aliphatic rings. The van der Waals surface area contributed by atoms with Crippen LogP contribution in [-0.2, 0) is 20.7 Å². The lowest BCUT2D eigenvalue weighted by atomic mass is 10.1. The van der Waals surface area contributed by atoms with E-state index in [1.165, 1.54) is 16.7 Å². The van der Waals surface area contributed by atoms with Gasteiger partial charge in [0.15, 0.2) is 0 Å².